The zero-order valence-electron chi connectivity index (χ0n) is 10.9. The highest BCUT2D eigenvalue weighted by molar-refractivity contribution is 5.17. The van der Waals surface area contributed by atoms with Gasteiger partial charge < -0.3 is 10.4 Å². The van der Waals surface area contributed by atoms with Crippen LogP contribution < -0.4 is 5.32 Å². The SMILES string of the molecule is CC(Cc1ccc(F)cc1)NC1CCCC(O)C1. The number of hydrogen-bond acceptors (Lipinski definition) is 2. The Kier molecular flexibility index (Phi) is 4.72. The summed E-state index contributed by atoms with van der Waals surface area (Å²) in [4.78, 5) is 0. The average Bonchev–Trinajstić information content (AvgIpc) is 2.32. The van der Waals surface area contributed by atoms with Crippen LogP contribution in [0.4, 0.5) is 4.39 Å². The molecule has 2 rings (SSSR count). The molecule has 0 spiro atoms. The molecule has 3 unspecified atom stereocenters. The van der Waals surface area contributed by atoms with E-state index in [4.69, 9.17) is 0 Å². The lowest BCUT2D eigenvalue weighted by molar-refractivity contribution is 0.109. The van der Waals surface area contributed by atoms with Crippen molar-refractivity contribution in [2.75, 3.05) is 0 Å². The van der Waals surface area contributed by atoms with Gasteiger partial charge in [0.1, 0.15) is 5.82 Å². The molecule has 1 saturated carbocycles. The minimum atomic E-state index is -0.185. The average molecular weight is 251 g/mol. The van der Waals surface area contributed by atoms with Gasteiger partial charge in [-0.3, -0.25) is 0 Å². The zero-order chi connectivity index (χ0) is 13.0. The maximum atomic E-state index is 12.8. The lowest BCUT2D eigenvalue weighted by Crippen LogP contribution is -2.41. The van der Waals surface area contributed by atoms with E-state index in [-0.39, 0.29) is 11.9 Å². The Bertz CT molecular complexity index is 365. The van der Waals surface area contributed by atoms with Crippen molar-refractivity contribution in [2.45, 2.75) is 57.2 Å². The van der Waals surface area contributed by atoms with Crippen LogP contribution in [0, 0.1) is 5.82 Å². The summed E-state index contributed by atoms with van der Waals surface area (Å²) in [6.45, 7) is 2.14. The third-order valence-corrected chi connectivity index (χ3v) is 3.62. The van der Waals surface area contributed by atoms with Crippen molar-refractivity contribution in [3.8, 4) is 0 Å². The van der Waals surface area contributed by atoms with Crippen LogP contribution in [0.15, 0.2) is 24.3 Å². The minimum absolute atomic E-state index is 0.144. The summed E-state index contributed by atoms with van der Waals surface area (Å²) >= 11 is 0. The number of hydrogen-bond donors (Lipinski definition) is 2. The molecule has 100 valence electrons. The molecule has 0 heterocycles. The van der Waals surface area contributed by atoms with E-state index < -0.39 is 0 Å². The molecule has 0 amide bonds. The highest BCUT2D eigenvalue weighted by Gasteiger charge is 2.21. The predicted octanol–water partition coefficient (Wildman–Crippen LogP) is 2.65. The van der Waals surface area contributed by atoms with Crippen LogP contribution in [-0.2, 0) is 6.42 Å². The summed E-state index contributed by atoms with van der Waals surface area (Å²) < 4.78 is 12.8. The summed E-state index contributed by atoms with van der Waals surface area (Å²) in [6, 6.07) is 7.46. The highest BCUT2D eigenvalue weighted by atomic mass is 19.1. The molecule has 0 aliphatic heterocycles. The van der Waals surface area contributed by atoms with Crippen LogP contribution in [0.25, 0.3) is 0 Å². The molecule has 2 N–H and O–H groups in total. The Labute approximate surface area is 108 Å². The molecule has 0 radical (unpaired) electrons. The van der Waals surface area contributed by atoms with Crippen LogP contribution >= 0.6 is 0 Å². The molecule has 0 bridgehead atoms. The van der Waals surface area contributed by atoms with Gasteiger partial charge in [-0.25, -0.2) is 4.39 Å². The Morgan fingerprint density at radius 2 is 2.06 bits per heavy atom. The van der Waals surface area contributed by atoms with E-state index in [2.05, 4.69) is 12.2 Å². The van der Waals surface area contributed by atoms with E-state index in [1.807, 2.05) is 12.1 Å². The maximum absolute atomic E-state index is 12.8. The van der Waals surface area contributed by atoms with E-state index >= 15 is 0 Å². The molecule has 0 saturated heterocycles. The molecular formula is C15H22FNO. The quantitative estimate of drug-likeness (QED) is 0.862. The van der Waals surface area contributed by atoms with Gasteiger partial charge in [0, 0.05) is 12.1 Å². The monoisotopic (exact) mass is 251 g/mol. The number of nitrogens with one attached hydrogen (secondary N) is 1. The summed E-state index contributed by atoms with van der Waals surface area (Å²) in [7, 11) is 0. The molecule has 1 aromatic rings. The van der Waals surface area contributed by atoms with E-state index in [0.717, 1.165) is 37.7 Å². The van der Waals surface area contributed by atoms with Crippen molar-refractivity contribution in [3.63, 3.8) is 0 Å². The second kappa shape index (κ2) is 6.30. The predicted molar refractivity (Wildman–Crippen MR) is 71.0 cm³/mol. The van der Waals surface area contributed by atoms with Crippen molar-refractivity contribution in [1.29, 1.82) is 0 Å². The third-order valence-electron chi connectivity index (χ3n) is 3.62. The van der Waals surface area contributed by atoms with Crippen LogP contribution in [0.1, 0.15) is 38.2 Å². The second-order valence-electron chi connectivity index (χ2n) is 5.42. The number of benzene rings is 1. The molecule has 3 heteroatoms. The van der Waals surface area contributed by atoms with Gasteiger partial charge in [0.05, 0.1) is 6.10 Å². The molecule has 1 fully saturated rings. The van der Waals surface area contributed by atoms with Crippen molar-refractivity contribution in [2.24, 2.45) is 0 Å². The Morgan fingerprint density at radius 1 is 1.33 bits per heavy atom. The normalized spacial score (nSPS) is 25.9. The minimum Gasteiger partial charge on any atom is -0.393 e. The van der Waals surface area contributed by atoms with Gasteiger partial charge in [-0.1, -0.05) is 12.1 Å². The first-order valence-corrected chi connectivity index (χ1v) is 6.82. The lowest BCUT2D eigenvalue weighted by atomic mass is 9.92. The van der Waals surface area contributed by atoms with E-state index in [1.54, 1.807) is 0 Å². The molecule has 18 heavy (non-hydrogen) atoms. The summed E-state index contributed by atoms with van der Waals surface area (Å²) in [5.41, 5.74) is 1.15. The smallest absolute Gasteiger partial charge is 0.123 e. The standard InChI is InChI=1S/C15H22FNO/c1-11(9-12-5-7-13(16)8-6-12)17-14-3-2-4-15(18)10-14/h5-8,11,14-15,17-18H,2-4,9-10H2,1H3. The van der Waals surface area contributed by atoms with Gasteiger partial charge in [-0.2, -0.15) is 0 Å². The molecule has 0 aromatic heterocycles. The molecule has 1 aliphatic carbocycles. The first-order valence-electron chi connectivity index (χ1n) is 6.82. The van der Waals surface area contributed by atoms with Crippen molar-refractivity contribution in [1.82, 2.24) is 5.32 Å². The van der Waals surface area contributed by atoms with Gasteiger partial charge in [0.25, 0.3) is 0 Å². The molecule has 1 aliphatic rings. The third kappa shape index (κ3) is 4.07. The van der Waals surface area contributed by atoms with Crippen molar-refractivity contribution < 1.29 is 9.50 Å². The Hall–Kier alpha value is -0.930. The number of rotatable bonds is 4. The van der Waals surface area contributed by atoms with E-state index in [0.29, 0.717) is 12.1 Å². The fourth-order valence-corrected chi connectivity index (χ4v) is 2.75. The first-order chi connectivity index (χ1) is 8.63. The maximum Gasteiger partial charge on any atom is 0.123 e. The summed E-state index contributed by atoms with van der Waals surface area (Å²) in [6.07, 6.45) is 4.78. The fourth-order valence-electron chi connectivity index (χ4n) is 2.75. The van der Waals surface area contributed by atoms with Gasteiger partial charge in [0.2, 0.25) is 0 Å². The number of aliphatic hydroxyl groups excluding tert-OH is 1. The lowest BCUT2D eigenvalue weighted by Gasteiger charge is -2.29. The second-order valence-corrected chi connectivity index (χ2v) is 5.42. The number of halogens is 1. The van der Waals surface area contributed by atoms with E-state index in [9.17, 15) is 9.50 Å². The Balaban J connectivity index is 1.81. The Morgan fingerprint density at radius 3 is 2.72 bits per heavy atom. The van der Waals surface area contributed by atoms with Gasteiger partial charge >= 0.3 is 0 Å². The van der Waals surface area contributed by atoms with Crippen LogP contribution in [-0.4, -0.2) is 23.3 Å². The molecule has 2 nitrogen and oxygen atoms in total. The van der Waals surface area contributed by atoms with Crippen LogP contribution in [0.3, 0.4) is 0 Å². The molecule has 1 aromatic carbocycles. The summed E-state index contributed by atoms with van der Waals surface area (Å²) in [5.74, 6) is -0.185. The molecular weight excluding hydrogens is 229 g/mol. The van der Waals surface area contributed by atoms with Crippen molar-refractivity contribution >= 4 is 0 Å². The number of aliphatic hydroxyl groups is 1. The van der Waals surface area contributed by atoms with Crippen molar-refractivity contribution in [3.05, 3.63) is 35.6 Å². The zero-order valence-corrected chi connectivity index (χ0v) is 10.9. The topological polar surface area (TPSA) is 32.3 Å². The van der Waals surface area contributed by atoms with Gasteiger partial charge in [-0.05, 0) is 56.7 Å². The van der Waals surface area contributed by atoms with E-state index in [1.165, 1.54) is 12.1 Å². The van der Waals surface area contributed by atoms with Gasteiger partial charge in [-0.15, -0.1) is 0 Å². The largest absolute Gasteiger partial charge is 0.393 e. The fraction of sp³-hybridized carbons (Fsp3) is 0.600. The van der Waals surface area contributed by atoms with Crippen LogP contribution in [0.2, 0.25) is 0 Å². The van der Waals surface area contributed by atoms with Gasteiger partial charge in [0.15, 0.2) is 0 Å². The highest BCUT2D eigenvalue weighted by Crippen LogP contribution is 2.19. The first kappa shape index (κ1) is 13.5. The van der Waals surface area contributed by atoms with Crippen LogP contribution in [0.5, 0.6) is 0 Å². The molecule has 3 atom stereocenters. The summed E-state index contributed by atoms with van der Waals surface area (Å²) in [5, 5.41) is 13.2.